The Morgan fingerprint density at radius 2 is 2.11 bits per heavy atom. The predicted octanol–water partition coefficient (Wildman–Crippen LogP) is 2.55. The van der Waals surface area contributed by atoms with E-state index in [0.717, 1.165) is 18.5 Å². The van der Waals surface area contributed by atoms with Gasteiger partial charge in [-0.25, -0.2) is 0 Å². The van der Waals surface area contributed by atoms with Gasteiger partial charge in [-0.1, -0.05) is 12.1 Å². The largest absolute Gasteiger partial charge is 0.466 e. The Morgan fingerprint density at radius 3 is 2.68 bits per heavy atom. The molecule has 1 atom stereocenters. The summed E-state index contributed by atoms with van der Waals surface area (Å²) >= 11 is 0. The molecule has 0 spiro atoms. The van der Waals surface area contributed by atoms with Gasteiger partial charge >= 0.3 is 5.97 Å². The Kier molecular flexibility index (Phi) is 6.62. The number of hydrogen-bond acceptors (Lipinski definition) is 4. The molecule has 19 heavy (non-hydrogen) atoms. The van der Waals surface area contributed by atoms with Crippen LogP contribution < -0.4 is 5.32 Å². The van der Waals surface area contributed by atoms with E-state index in [2.05, 4.69) is 18.3 Å². The highest BCUT2D eigenvalue weighted by atomic mass is 16.5. The van der Waals surface area contributed by atoms with Gasteiger partial charge in [0.2, 0.25) is 0 Å². The highest BCUT2D eigenvalue weighted by molar-refractivity contribution is 5.69. The molecule has 0 amide bonds. The van der Waals surface area contributed by atoms with Crippen LogP contribution in [0, 0.1) is 11.3 Å². The van der Waals surface area contributed by atoms with E-state index in [4.69, 9.17) is 10.00 Å². The molecule has 0 aliphatic rings. The van der Waals surface area contributed by atoms with Crippen molar-refractivity contribution in [2.24, 2.45) is 0 Å². The number of hydrogen-bond donors (Lipinski definition) is 1. The maximum atomic E-state index is 11.1. The molecule has 0 bridgehead atoms. The number of esters is 1. The second kappa shape index (κ2) is 8.28. The molecule has 0 aliphatic heterocycles. The van der Waals surface area contributed by atoms with Gasteiger partial charge in [-0.05, 0) is 44.5 Å². The standard InChI is InChI=1S/C15H20N2O2/c1-3-19-15(18)5-4-10-17-12(2)14-8-6-13(11-16)7-9-14/h6-9,12,17H,3-5,10H2,1-2H3. The summed E-state index contributed by atoms with van der Waals surface area (Å²) in [5, 5.41) is 12.1. The summed E-state index contributed by atoms with van der Waals surface area (Å²) in [7, 11) is 0. The molecule has 4 nitrogen and oxygen atoms in total. The molecule has 102 valence electrons. The molecular weight excluding hydrogens is 240 g/mol. The fourth-order valence-corrected chi connectivity index (χ4v) is 1.75. The highest BCUT2D eigenvalue weighted by Crippen LogP contribution is 2.13. The predicted molar refractivity (Wildman–Crippen MR) is 73.4 cm³/mol. The molecule has 0 saturated heterocycles. The average Bonchev–Trinajstić information content (AvgIpc) is 2.44. The summed E-state index contributed by atoms with van der Waals surface area (Å²) < 4.78 is 4.86. The Morgan fingerprint density at radius 1 is 1.42 bits per heavy atom. The summed E-state index contributed by atoms with van der Waals surface area (Å²) in [6, 6.07) is 9.82. The first-order valence-corrected chi connectivity index (χ1v) is 6.56. The fraction of sp³-hybridized carbons (Fsp3) is 0.467. The van der Waals surface area contributed by atoms with Crippen LogP contribution in [0.15, 0.2) is 24.3 Å². The van der Waals surface area contributed by atoms with Crippen LogP contribution in [0.5, 0.6) is 0 Å². The van der Waals surface area contributed by atoms with Crippen molar-refractivity contribution >= 4 is 5.97 Å². The molecule has 1 aromatic carbocycles. The molecule has 0 aromatic heterocycles. The van der Waals surface area contributed by atoms with Crippen molar-refractivity contribution in [2.45, 2.75) is 32.7 Å². The Bertz CT molecular complexity index is 434. The molecule has 1 rings (SSSR count). The first kappa shape index (κ1) is 15.2. The summed E-state index contributed by atoms with van der Waals surface area (Å²) in [5.74, 6) is -0.143. The second-order valence-corrected chi connectivity index (χ2v) is 4.32. The smallest absolute Gasteiger partial charge is 0.305 e. The van der Waals surface area contributed by atoms with Crippen LogP contribution in [0.3, 0.4) is 0 Å². The van der Waals surface area contributed by atoms with Crippen molar-refractivity contribution in [2.75, 3.05) is 13.2 Å². The fourth-order valence-electron chi connectivity index (χ4n) is 1.75. The topological polar surface area (TPSA) is 62.1 Å². The summed E-state index contributed by atoms with van der Waals surface area (Å²) in [5.41, 5.74) is 1.80. The van der Waals surface area contributed by atoms with Crippen LogP contribution in [0.2, 0.25) is 0 Å². The van der Waals surface area contributed by atoms with Crippen molar-refractivity contribution in [3.8, 4) is 6.07 Å². The molecule has 0 fully saturated rings. The molecule has 0 radical (unpaired) electrons. The summed E-state index contributed by atoms with van der Waals surface area (Å²) in [6.45, 7) is 5.07. The number of ether oxygens (including phenoxy) is 1. The lowest BCUT2D eigenvalue weighted by atomic mass is 10.1. The van der Waals surface area contributed by atoms with E-state index in [1.54, 1.807) is 0 Å². The van der Waals surface area contributed by atoms with Gasteiger partial charge in [-0.15, -0.1) is 0 Å². The number of carbonyl (C=O) groups is 1. The van der Waals surface area contributed by atoms with Crippen molar-refractivity contribution in [3.63, 3.8) is 0 Å². The van der Waals surface area contributed by atoms with Gasteiger partial charge < -0.3 is 10.1 Å². The van der Waals surface area contributed by atoms with Crippen LogP contribution in [0.25, 0.3) is 0 Å². The zero-order valence-electron chi connectivity index (χ0n) is 11.5. The SMILES string of the molecule is CCOC(=O)CCCNC(C)c1ccc(C#N)cc1. The first-order chi connectivity index (χ1) is 9.17. The lowest BCUT2D eigenvalue weighted by molar-refractivity contribution is -0.143. The van der Waals surface area contributed by atoms with Crippen LogP contribution in [-0.2, 0) is 9.53 Å². The lowest BCUT2D eigenvalue weighted by Crippen LogP contribution is -2.20. The van der Waals surface area contributed by atoms with Gasteiger partial charge in [-0.2, -0.15) is 5.26 Å². The van der Waals surface area contributed by atoms with Crippen LogP contribution in [0.4, 0.5) is 0 Å². The molecule has 0 saturated carbocycles. The number of carbonyl (C=O) groups excluding carboxylic acids is 1. The number of nitrogens with zero attached hydrogens (tertiary/aromatic N) is 1. The maximum absolute atomic E-state index is 11.1. The summed E-state index contributed by atoms with van der Waals surface area (Å²) in [4.78, 5) is 11.1. The lowest BCUT2D eigenvalue weighted by Gasteiger charge is -2.14. The Hall–Kier alpha value is -1.86. The van der Waals surface area contributed by atoms with E-state index in [1.807, 2.05) is 31.2 Å². The van der Waals surface area contributed by atoms with Crippen molar-refractivity contribution in [3.05, 3.63) is 35.4 Å². The zero-order chi connectivity index (χ0) is 14.1. The Balaban J connectivity index is 2.29. The van der Waals surface area contributed by atoms with E-state index in [0.29, 0.717) is 18.6 Å². The first-order valence-electron chi connectivity index (χ1n) is 6.56. The van der Waals surface area contributed by atoms with Gasteiger partial charge in [0, 0.05) is 12.5 Å². The van der Waals surface area contributed by atoms with Gasteiger partial charge in [0.05, 0.1) is 18.2 Å². The quantitative estimate of drug-likeness (QED) is 0.604. The van der Waals surface area contributed by atoms with Crippen LogP contribution in [-0.4, -0.2) is 19.1 Å². The highest BCUT2D eigenvalue weighted by Gasteiger charge is 2.05. The zero-order valence-corrected chi connectivity index (χ0v) is 11.5. The monoisotopic (exact) mass is 260 g/mol. The molecule has 1 N–H and O–H groups in total. The number of rotatable bonds is 7. The van der Waals surface area contributed by atoms with Gasteiger partial charge in [0.25, 0.3) is 0 Å². The minimum absolute atomic E-state index is 0.143. The van der Waals surface area contributed by atoms with E-state index in [9.17, 15) is 4.79 Å². The van der Waals surface area contributed by atoms with Crippen LogP contribution >= 0.6 is 0 Å². The molecular formula is C15H20N2O2. The molecule has 1 unspecified atom stereocenters. The van der Waals surface area contributed by atoms with E-state index < -0.39 is 0 Å². The third kappa shape index (κ3) is 5.54. The molecule has 0 aliphatic carbocycles. The van der Waals surface area contributed by atoms with Crippen LogP contribution in [0.1, 0.15) is 43.9 Å². The molecule has 1 aromatic rings. The normalized spacial score (nSPS) is 11.6. The van der Waals surface area contributed by atoms with E-state index in [-0.39, 0.29) is 12.0 Å². The number of nitrogens with one attached hydrogen (secondary N) is 1. The average molecular weight is 260 g/mol. The maximum Gasteiger partial charge on any atom is 0.305 e. The van der Waals surface area contributed by atoms with Gasteiger partial charge in [0.1, 0.15) is 0 Å². The molecule has 0 heterocycles. The number of benzene rings is 1. The van der Waals surface area contributed by atoms with E-state index >= 15 is 0 Å². The van der Waals surface area contributed by atoms with Crippen molar-refractivity contribution in [1.82, 2.24) is 5.32 Å². The summed E-state index contributed by atoms with van der Waals surface area (Å²) in [6.07, 6.45) is 1.21. The second-order valence-electron chi connectivity index (χ2n) is 4.32. The van der Waals surface area contributed by atoms with Crippen molar-refractivity contribution < 1.29 is 9.53 Å². The van der Waals surface area contributed by atoms with Crippen molar-refractivity contribution in [1.29, 1.82) is 5.26 Å². The van der Waals surface area contributed by atoms with Gasteiger partial charge in [-0.3, -0.25) is 4.79 Å². The minimum Gasteiger partial charge on any atom is -0.466 e. The Labute approximate surface area is 114 Å². The number of nitriles is 1. The third-order valence-corrected chi connectivity index (χ3v) is 2.85. The minimum atomic E-state index is -0.143. The van der Waals surface area contributed by atoms with E-state index in [1.165, 1.54) is 0 Å². The third-order valence-electron chi connectivity index (χ3n) is 2.85. The molecule has 4 heteroatoms. The van der Waals surface area contributed by atoms with Gasteiger partial charge in [0.15, 0.2) is 0 Å².